The zero-order valence-electron chi connectivity index (χ0n) is 11.6. The van der Waals surface area contributed by atoms with Crippen LogP contribution in [0.2, 0.25) is 5.02 Å². The molecule has 0 aliphatic heterocycles. The number of aliphatic hydroxyl groups is 1. The largest absolute Gasteiger partial charge is 0.384 e. The number of rotatable bonds is 4. The number of carbonyl (C=O) groups is 1. The van der Waals surface area contributed by atoms with E-state index in [9.17, 15) is 9.90 Å². The van der Waals surface area contributed by atoms with Crippen molar-refractivity contribution in [2.45, 2.75) is 12.5 Å². The minimum atomic E-state index is -1.13. The zero-order valence-corrected chi connectivity index (χ0v) is 12.4. The van der Waals surface area contributed by atoms with E-state index in [2.05, 4.69) is 10.6 Å². The Kier molecular flexibility index (Phi) is 4.83. The van der Waals surface area contributed by atoms with Gasteiger partial charge in [-0.1, -0.05) is 41.9 Å². The van der Waals surface area contributed by atoms with Crippen molar-refractivity contribution in [1.82, 2.24) is 5.32 Å². The number of hydrogen-bond donors (Lipinski definition) is 3. The third-order valence-corrected chi connectivity index (χ3v) is 3.34. The molecule has 0 aliphatic carbocycles. The monoisotopic (exact) mass is 304 g/mol. The molecule has 2 aromatic rings. The highest BCUT2D eigenvalue weighted by Crippen LogP contribution is 2.19. The molecule has 0 aromatic heterocycles. The van der Waals surface area contributed by atoms with Gasteiger partial charge in [0.25, 0.3) is 0 Å². The van der Waals surface area contributed by atoms with Gasteiger partial charge in [-0.05, 0) is 36.8 Å². The molecule has 110 valence electrons. The summed E-state index contributed by atoms with van der Waals surface area (Å²) in [4.78, 5) is 11.8. The minimum Gasteiger partial charge on any atom is -0.384 e. The highest BCUT2D eigenvalue weighted by molar-refractivity contribution is 6.30. The molecule has 3 N–H and O–H groups in total. The Morgan fingerprint density at radius 3 is 2.38 bits per heavy atom. The summed E-state index contributed by atoms with van der Waals surface area (Å²) in [5.41, 5.74) is 0.256. The van der Waals surface area contributed by atoms with Crippen LogP contribution < -0.4 is 10.6 Å². The molecule has 0 radical (unpaired) electrons. The number of benzene rings is 2. The second-order valence-electron chi connectivity index (χ2n) is 4.95. The van der Waals surface area contributed by atoms with Crippen molar-refractivity contribution < 1.29 is 9.90 Å². The van der Waals surface area contributed by atoms with Crippen molar-refractivity contribution >= 4 is 23.3 Å². The van der Waals surface area contributed by atoms with Gasteiger partial charge in [-0.25, -0.2) is 4.79 Å². The number of hydrogen-bond acceptors (Lipinski definition) is 2. The summed E-state index contributed by atoms with van der Waals surface area (Å²) in [5.74, 6) is 0. The first-order valence-corrected chi connectivity index (χ1v) is 6.93. The molecule has 0 spiro atoms. The molecule has 0 saturated carbocycles. The summed E-state index contributed by atoms with van der Waals surface area (Å²) >= 11 is 5.78. The van der Waals surface area contributed by atoms with E-state index in [1.54, 1.807) is 31.2 Å². The molecular weight excluding hydrogens is 288 g/mol. The highest BCUT2D eigenvalue weighted by atomic mass is 35.5. The number of carbonyl (C=O) groups excluding carboxylic acids is 1. The maximum absolute atomic E-state index is 11.8. The number of anilines is 1. The van der Waals surface area contributed by atoms with Crippen LogP contribution in [0.5, 0.6) is 0 Å². The third-order valence-electron chi connectivity index (χ3n) is 3.09. The lowest BCUT2D eigenvalue weighted by atomic mass is 9.96. The maximum atomic E-state index is 11.8. The molecule has 2 amide bonds. The van der Waals surface area contributed by atoms with Gasteiger partial charge in [-0.2, -0.15) is 0 Å². The van der Waals surface area contributed by atoms with E-state index in [-0.39, 0.29) is 12.6 Å². The Balaban J connectivity index is 1.90. The van der Waals surface area contributed by atoms with Crippen LogP contribution >= 0.6 is 11.6 Å². The molecule has 0 aliphatic rings. The Labute approximate surface area is 128 Å². The van der Waals surface area contributed by atoms with Crippen molar-refractivity contribution in [2.75, 3.05) is 11.9 Å². The summed E-state index contributed by atoms with van der Waals surface area (Å²) < 4.78 is 0. The highest BCUT2D eigenvalue weighted by Gasteiger charge is 2.23. The summed E-state index contributed by atoms with van der Waals surface area (Å²) in [5, 5.41) is 16.3. The number of urea groups is 1. The van der Waals surface area contributed by atoms with Crippen LogP contribution in [0.4, 0.5) is 10.5 Å². The van der Waals surface area contributed by atoms with Gasteiger partial charge in [0, 0.05) is 10.7 Å². The summed E-state index contributed by atoms with van der Waals surface area (Å²) in [6, 6.07) is 15.6. The van der Waals surface area contributed by atoms with E-state index in [1.807, 2.05) is 30.3 Å². The van der Waals surface area contributed by atoms with Gasteiger partial charge in [0.1, 0.15) is 5.60 Å². The average Bonchev–Trinajstić information content (AvgIpc) is 2.49. The Bertz CT molecular complexity index is 597. The van der Waals surface area contributed by atoms with Crippen molar-refractivity contribution in [3.05, 3.63) is 65.2 Å². The second-order valence-corrected chi connectivity index (χ2v) is 5.39. The number of amides is 2. The van der Waals surface area contributed by atoms with Gasteiger partial charge in [-0.3, -0.25) is 0 Å². The molecule has 4 nitrogen and oxygen atoms in total. The van der Waals surface area contributed by atoms with Crippen LogP contribution in [-0.2, 0) is 5.60 Å². The van der Waals surface area contributed by atoms with Gasteiger partial charge >= 0.3 is 6.03 Å². The van der Waals surface area contributed by atoms with E-state index in [0.29, 0.717) is 10.7 Å². The standard InChI is InChI=1S/C16H17ClN2O2/c1-16(21,12-5-3-2-4-6-12)11-18-15(20)19-14-9-7-13(17)8-10-14/h2-10,21H,11H2,1H3,(H2,18,19,20). The molecule has 2 rings (SSSR count). The van der Waals surface area contributed by atoms with Gasteiger partial charge < -0.3 is 15.7 Å². The molecular formula is C16H17ClN2O2. The molecule has 0 fully saturated rings. The lowest BCUT2D eigenvalue weighted by Crippen LogP contribution is -2.40. The quantitative estimate of drug-likeness (QED) is 0.811. The Morgan fingerprint density at radius 2 is 1.76 bits per heavy atom. The number of nitrogens with one attached hydrogen (secondary N) is 2. The van der Waals surface area contributed by atoms with Gasteiger partial charge in [0.05, 0.1) is 6.54 Å². The van der Waals surface area contributed by atoms with Crippen molar-refractivity contribution in [3.63, 3.8) is 0 Å². The van der Waals surface area contributed by atoms with Gasteiger partial charge in [-0.15, -0.1) is 0 Å². The lowest BCUT2D eigenvalue weighted by molar-refractivity contribution is 0.0599. The van der Waals surface area contributed by atoms with Gasteiger partial charge in [0.15, 0.2) is 0 Å². The van der Waals surface area contributed by atoms with Crippen LogP contribution in [0.3, 0.4) is 0 Å². The Morgan fingerprint density at radius 1 is 1.14 bits per heavy atom. The summed E-state index contributed by atoms with van der Waals surface area (Å²) in [7, 11) is 0. The summed E-state index contributed by atoms with van der Waals surface area (Å²) in [6.45, 7) is 1.77. The first-order chi connectivity index (χ1) is 9.97. The van der Waals surface area contributed by atoms with Crippen LogP contribution in [-0.4, -0.2) is 17.7 Å². The van der Waals surface area contributed by atoms with E-state index in [0.717, 1.165) is 5.56 Å². The smallest absolute Gasteiger partial charge is 0.319 e. The SMILES string of the molecule is CC(O)(CNC(=O)Nc1ccc(Cl)cc1)c1ccccc1. The van der Waals surface area contributed by atoms with E-state index in [4.69, 9.17) is 11.6 Å². The lowest BCUT2D eigenvalue weighted by Gasteiger charge is -2.24. The Hall–Kier alpha value is -2.04. The molecule has 0 heterocycles. The topological polar surface area (TPSA) is 61.4 Å². The predicted molar refractivity (Wildman–Crippen MR) is 84.5 cm³/mol. The fourth-order valence-corrected chi connectivity index (χ4v) is 1.99. The first-order valence-electron chi connectivity index (χ1n) is 6.56. The predicted octanol–water partition coefficient (Wildman–Crippen LogP) is 3.37. The molecule has 21 heavy (non-hydrogen) atoms. The molecule has 0 saturated heterocycles. The molecule has 1 unspecified atom stereocenters. The van der Waals surface area contributed by atoms with Crippen molar-refractivity contribution in [3.8, 4) is 0 Å². The molecule has 1 atom stereocenters. The molecule has 0 bridgehead atoms. The summed E-state index contributed by atoms with van der Waals surface area (Å²) in [6.07, 6.45) is 0. The van der Waals surface area contributed by atoms with Crippen LogP contribution in [0.25, 0.3) is 0 Å². The van der Waals surface area contributed by atoms with Gasteiger partial charge in [0.2, 0.25) is 0 Å². The first kappa shape index (κ1) is 15.4. The maximum Gasteiger partial charge on any atom is 0.319 e. The minimum absolute atomic E-state index is 0.108. The van der Waals surface area contributed by atoms with Crippen LogP contribution in [0.15, 0.2) is 54.6 Å². The fourth-order valence-electron chi connectivity index (χ4n) is 1.86. The fraction of sp³-hybridized carbons (Fsp3) is 0.188. The molecule has 2 aromatic carbocycles. The third kappa shape index (κ3) is 4.48. The average molecular weight is 305 g/mol. The normalized spacial score (nSPS) is 13.3. The van der Waals surface area contributed by atoms with Crippen LogP contribution in [0.1, 0.15) is 12.5 Å². The zero-order chi connectivity index (χ0) is 15.3. The number of halogens is 1. The molecule has 5 heteroatoms. The van der Waals surface area contributed by atoms with E-state index >= 15 is 0 Å². The van der Waals surface area contributed by atoms with E-state index in [1.165, 1.54) is 0 Å². The van der Waals surface area contributed by atoms with Crippen LogP contribution in [0, 0.1) is 0 Å². The second kappa shape index (κ2) is 6.61. The van der Waals surface area contributed by atoms with Crippen molar-refractivity contribution in [2.24, 2.45) is 0 Å². The van der Waals surface area contributed by atoms with Crippen molar-refractivity contribution in [1.29, 1.82) is 0 Å². The van der Waals surface area contributed by atoms with E-state index < -0.39 is 5.60 Å².